The van der Waals surface area contributed by atoms with E-state index in [1.807, 2.05) is 30.3 Å². The molecule has 0 aliphatic carbocycles. The fraction of sp³-hybridized carbons (Fsp3) is 0.105. The molecule has 0 aliphatic heterocycles. The molecule has 0 radical (unpaired) electrons. The number of hydrogen-bond donors (Lipinski definition) is 0. The maximum absolute atomic E-state index is 13.1. The van der Waals surface area contributed by atoms with Crippen molar-refractivity contribution in [1.82, 2.24) is 15.1 Å². The first kappa shape index (κ1) is 18.3. The molecule has 0 N–H and O–H groups in total. The number of anilines is 1. The van der Waals surface area contributed by atoms with Crippen molar-refractivity contribution in [2.24, 2.45) is 0 Å². The molecule has 7 nitrogen and oxygen atoms in total. The van der Waals surface area contributed by atoms with Crippen molar-refractivity contribution >= 4 is 26.5 Å². The van der Waals surface area contributed by atoms with Gasteiger partial charge in [-0.05, 0) is 17.7 Å². The molecule has 4 rings (SSSR count). The Kier molecular flexibility index (Phi) is 5.18. The molecule has 0 spiro atoms. The van der Waals surface area contributed by atoms with Crippen LogP contribution in [0.2, 0.25) is 0 Å². The molecule has 4 aromatic rings. The average Bonchev–Trinajstić information content (AvgIpc) is 3.39. The van der Waals surface area contributed by atoms with E-state index in [1.54, 1.807) is 41.9 Å². The maximum Gasteiger partial charge on any atom is 0.266 e. The molecule has 0 bridgehead atoms. The van der Waals surface area contributed by atoms with Crippen LogP contribution in [0.15, 0.2) is 81.7 Å². The molecule has 28 heavy (non-hydrogen) atoms. The van der Waals surface area contributed by atoms with Gasteiger partial charge in [0.25, 0.3) is 10.0 Å². The SMILES string of the molecule is O=S(=O)(c1ccccc1)N(Cc1nc(Cc2ccccc2)no1)c1nccs1. The van der Waals surface area contributed by atoms with E-state index in [1.165, 1.54) is 15.6 Å². The summed E-state index contributed by atoms with van der Waals surface area (Å²) in [6.07, 6.45) is 2.06. The van der Waals surface area contributed by atoms with E-state index in [2.05, 4.69) is 15.1 Å². The van der Waals surface area contributed by atoms with Gasteiger partial charge in [0.05, 0.1) is 4.90 Å². The van der Waals surface area contributed by atoms with Crippen molar-refractivity contribution in [3.05, 3.63) is 89.5 Å². The molecule has 2 heterocycles. The monoisotopic (exact) mass is 412 g/mol. The van der Waals surface area contributed by atoms with E-state index in [0.29, 0.717) is 17.4 Å². The highest BCUT2D eigenvalue weighted by Gasteiger charge is 2.28. The number of hydrogen-bond acceptors (Lipinski definition) is 7. The molecule has 0 saturated carbocycles. The van der Waals surface area contributed by atoms with Crippen molar-refractivity contribution in [3.63, 3.8) is 0 Å². The van der Waals surface area contributed by atoms with E-state index in [-0.39, 0.29) is 17.3 Å². The highest BCUT2D eigenvalue weighted by molar-refractivity contribution is 7.93. The summed E-state index contributed by atoms with van der Waals surface area (Å²) >= 11 is 1.23. The van der Waals surface area contributed by atoms with Gasteiger partial charge in [0.1, 0.15) is 6.54 Å². The predicted octanol–water partition coefficient (Wildman–Crippen LogP) is 3.51. The summed E-state index contributed by atoms with van der Waals surface area (Å²) in [6, 6.07) is 18.0. The predicted molar refractivity (Wildman–Crippen MR) is 105 cm³/mol. The second kappa shape index (κ2) is 7.91. The summed E-state index contributed by atoms with van der Waals surface area (Å²) in [7, 11) is -3.82. The van der Waals surface area contributed by atoms with Gasteiger partial charge in [0.15, 0.2) is 11.0 Å². The summed E-state index contributed by atoms with van der Waals surface area (Å²) < 4.78 is 32.8. The van der Waals surface area contributed by atoms with Gasteiger partial charge in [0, 0.05) is 18.0 Å². The van der Waals surface area contributed by atoms with Crippen LogP contribution >= 0.6 is 11.3 Å². The fourth-order valence-electron chi connectivity index (χ4n) is 2.64. The molecule has 0 unspecified atom stereocenters. The normalized spacial score (nSPS) is 11.4. The van der Waals surface area contributed by atoms with E-state index in [4.69, 9.17) is 4.52 Å². The zero-order chi connectivity index (χ0) is 19.4. The van der Waals surface area contributed by atoms with Crippen molar-refractivity contribution in [1.29, 1.82) is 0 Å². The molecule has 0 amide bonds. The van der Waals surface area contributed by atoms with Crippen LogP contribution in [0, 0.1) is 0 Å². The van der Waals surface area contributed by atoms with Gasteiger partial charge in [-0.15, -0.1) is 11.3 Å². The number of rotatable bonds is 7. The van der Waals surface area contributed by atoms with Crippen molar-refractivity contribution in [2.45, 2.75) is 17.9 Å². The Morgan fingerprint density at radius 1 is 1.00 bits per heavy atom. The van der Waals surface area contributed by atoms with Crippen molar-refractivity contribution in [3.8, 4) is 0 Å². The van der Waals surface area contributed by atoms with Gasteiger partial charge in [-0.25, -0.2) is 17.7 Å². The van der Waals surface area contributed by atoms with Gasteiger partial charge in [-0.2, -0.15) is 4.98 Å². The van der Waals surface area contributed by atoms with Crippen LogP contribution in [0.1, 0.15) is 17.3 Å². The van der Waals surface area contributed by atoms with E-state index in [9.17, 15) is 8.42 Å². The topological polar surface area (TPSA) is 89.2 Å². The Hall–Kier alpha value is -3.04. The number of thiazole rings is 1. The molecule has 0 aliphatic rings. The molecular weight excluding hydrogens is 396 g/mol. The lowest BCUT2D eigenvalue weighted by atomic mass is 10.1. The first-order chi connectivity index (χ1) is 13.6. The minimum Gasteiger partial charge on any atom is -0.337 e. The van der Waals surface area contributed by atoms with Gasteiger partial charge < -0.3 is 4.52 Å². The fourth-order valence-corrected chi connectivity index (χ4v) is 4.90. The first-order valence-electron chi connectivity index (χ1n) is 8.45. The second-order valence-electron chi connectivity index (χ2n) is 5.91. The molecule has 142 valence electrons. The zero-order valence-electron chi connectivity index (χ0n) is 14.7. The van der Waals surface area contributed by atoms with Crippen molar-refractivity contribution < 1.29 is 12.9 Å². The van der Waals surface area contributed by atoms with Crippen LogP contribution < -0.4 is 4.31 Å². The maximum atomic E-state index is 13.1. The largest absolute Gasteiger partial charge is 0.337 e. The average molecular weight is 412 g/mol. The Morgan fingerprint density at radius 3 is 2.39 bits per heavy atom. The van der Waals surface area contributed by atoms with E-state index >= 15 is 0 Å². The van der Waals surface area contributed by atoms with Crippen LogP contribution in [-0.4, -0.2) is 23.5 Å². The number of benzene rings is 2. The Bertz CT molecular complexity index is 1130. The third kappa shape index (κ3) is 3.95. The molecule has 9 heteroatoms. The van der Waals surface area contributed by atoms with Crippen LogP contribution in [-0.2, 0) is 23.0 Å². The minimum atomic E-state index is -3.82. The zero-order valence-corrected chi connectivity index (χ0v) is 16.3. The number of aromatic nitrogens is 3. The third-order valence-electron chi connectivity index (χ3n) is 3.96. The van der Waals surface area contributed by atoms with E-state index in [0.717, 1.165) is 5.56 Å². The first-order valence-corrected chi connectivity index (χ1v) is 10.8. The second-order valence-corrected chi connectivity index (χ2v) is 8.64. The number of sulfonamides is 1. The molecule has 2 aromatic heterocycles. The lowest BCUT2D eigenvalue weighted by molar-refractivity contribution is 0.375. The summed E-state index contributed by atoms with van der Waals surface area (Å²) in [5.41, 5.74) is 1.04. The summed E-state index contributed by atoms with van der Waals surface area (Å²) in [4.78, 5) is 8.69. The standard InChI is InChI=1S/C19H16N4O3S2/c24-28(25,16-9-5-2-6-10-16)23(19-20-11-12-27-19)14-18-21-17(22-26-18)13-15-7-3-1-4-8-15/h1-12H,13-14H2. The smallest absolute Gasteiger partial charge is 0.266 e. The molecule has 0 atom stereocenters. The van der Waals surface area contributed by atoms with E-state index < -0.39 is 10.0 Å². The van der Waals surface area contributed by atoms with Crippen LogP contribution in [0.3, 0.4) is 0 Å². The van der Waals surface area contributed by atoms with Crippen molar-refractivity contribution in [2.75, 3.05) is 4.31 Å². The Balaban J connectivity index is 1.61. The van der Waals surface area contributed by atoms with Gasteiger partial charge in [-0.1, -0.05) is 53.7 Å². The van der Waals surface area contributed by atoms with Crippen LogP contribution in [0.25, 0.3) is 0 Å². The van der Waals surface area contributed by atoms with Crippen LogP contribution in [0.5, 0.6) is 0 Å². The highest BCUT2D eigenvalue weighted by Crippen LogP contribution is 2.27. The molecule has 2 aromatic carbocycles. The molecular formula is C19H16N4O3S2. The van der Waals surface area contributed by atoms with Gasteiger partial charge >= 0.3 is 0 Å². The molecule has 0 fully saturated rings. The highest BCUT2D eigenvalue weighted by atomic mass is 32.2. The Morgan fingerprint density at radius 2 is 1.71 bits per heavy atom. The lowest BCUT2D eigenvalue weighted by Gasteiger charge is -2.19. The minimum absolute atomic E-state index is 0.0907. The van der Waals surface area contributed by atoms with Gasteiger partial charge in [0.2, 0.25) is 5.89 Å². The summed E-state index contributed by atoms with van der Waals surface area (Å²) in [5.74, 6) is 0.707. The summed E-state index contributed by atoms with van der Waals surface area (Å²) in [5, 5.41) is 6.04. The molecule has 0 saturated heterocycles. The number of nitrogens with zero attached hydrogens (tertiary/aromatic N) is 4. The third-order valence-corrected chi connectivity index (χ3v) is 6.62. The quantitative estimate of drug-likeness (QED) is 0.461. The van der Waals surface area contributed by atoms with Crippen LogP contribution in [0.4, 0.5) is 5.13 Å². The Labute approximate surface area is 166 Å². The lowest BCUT2D eigenvalue weighted by Crippen LogP contribution is -2.30. The van der Waals surface area contributed by atoms with Gasteiger partial charge in [-0.3, -0.25) is 0 Å². The summed E-state index contributed by atoms with van der Waals surface area (Å²) in [6.45, 7) is -0.0907.